The molecule has 16 heavy (non-hydrogen) atoms. The molecule has 5 nitrogen and oxygen atoms in total. The van der Waals surface area contributed by atoms with Gasteiger partial charge < -0.3 is 19.3 Å². The Kier molecular flexibility index (Phi) is 4.13. The van der Waals surface area contributed by atoms with Crippen molar-refractivity contribution in [1.82, 2.24) is 0 Å². The zero-order valence-electron chi connectivity index (χ0n) is 9.44. The lowest BCUT2D eigenvalue weighted by Crippen LogP contribution is -2.04. The summed E-state index contributed by atoms with van der Waals surface area (Å²) in [4.78, 5) is 10.9. The molecule has 0 spiro atoms. The average Bonchev–Trinajstić information content (AvgIpc) is 2.27. The van der Waals surface area contributed by atoms with E-state index in [1.165, 1.54) is 27.2 Å². The van der Waals surface area contributed by atoms with Crippen LogP contribution in [0.25, 0.3) is 0 Å². The van der Waals surface area contributed by atoms with E-state index in [1.807, 2.05) is 0 Å². The van der Waals surface area contributed by atoms with Gasteiger partial charge in [-0.15, -0.1) is 0 Å². The molecule has 0 aliphatic carbocycles. The fourth-order valence-electron chi connectivity index (χ4n) is 1.29. The van der Waals surface area contributed by atoms with E-state index < -0.39 is 5.97 Å². The number of ether oxygens (including phenoxy) is 3. The number of methoxy groups -OCH3 is 2. The predicted molar refractivity (Wildman–Crippen MR) is 56.8 cm³/mol. The van der Waals surface area contributed by atoms with Gasteiger partial charge in [0, 0.05) is 18.6 Å². The number of rotatable bonds is 4. The summed E-state index contributed by atoms with van der Waals surface area (Å²) in [6.07, 6.45) is 0. The number of esters is 1. The maximum atomic E-state index is 10.9. The molecule has 1 aromatic carbocycles. The van der Waals surface area contributed by atoms with Crippen LogP contribution in [0.3, 0.4) is 0 Å². The van der Waals surface area contributed by atoms with Gasteiger partial charge in [0.15, 0.2) is 11.5 Å². The van der Waals surface area contributed by atoms with E-state index in [0.717, 1.165) is 0 Å². The minimum absolute atomic E-state index is 0.207. The maximum Gasteiger partial charge on any atom is 0.308 e. The molecule has 0 aromatic heterocycles. The van der Waals surface area contributed by atoms with Crippen LogP contribution in [-0.4, -0.2) is 25.3 Å². The molecule has 1 N–H and O–H groups in total. The van der Waals surface area contributed by atoms with E-state index in [2.05, 4.69) is 0 Å². The highest BCUT2D eigenvalue weighted by Crippen LogP contribution is 2.34. The van der Waals surface area contributed by atoms with Crippen molar-refractivity contribution >= 4 is 5.97 Å². The lowest BCUT2D eigenvalue weighted by molar-refractivity contribution is -0.132. The Morgan fingerprint density at radius 2 is 1.81 bits per heavy atom. The predicted octanol–water partition coefficient (Wildman–Crippen LogP) is 1.12. The highest BCUT2D eigenvalue weighted by atomic mass is 16.6. The molecule has 0 fully saturated rings. The first-order valence-corrected chi connectivity index (χ1v) is 4.66. The molecule has 0 unspecified atom stereocenters. The maximum absolute atomic E-state index is 10.9. The van der Waals surface area contributed by atoms with Crippen molar-refractivity contribution < 1.29 is 24.1 Å². The van der Waals surface area contributed by atoms with E-state index >= 15 is 0 Å². The first-order chi connectivity index (χ1) is 7.62. The average molecular weight is 226 g/mol. The van der Waals surface area contributed by atoms with Crippen molar-refractivity contribution in [3.63, 3.8) is 0 Å². The van der Waals surface area contributed by atoms with Crippen molar-refractivity contribution in [2.24, 2.45) is 0 Å². The zero-order valence-corrected chi connectivity index (χ0v) is 9.44. The van der Waals surface area contributed by atoms with Crippen LogP contribution in [0, 0.1) is 0 Å². The molecular formula is C11H14O5. The van der Waals surface area contributed by atoms with E-state index in [0.29, 0.717) is 17.1 Å². The molecular weight excluding hydrogens is 212 g/mol. The van der Waals surface area contributed by atoms with Crippen LogP contribution in [0.15, 0.2) is 12.1 Å². The molecule has 88 valence electrons. The van der Waals surface area contributed by atoms with Gasteiger partial charge in [-0.25, -0.2) is 0 Å². The Labute approximate surface area is 93.6 Å². The van der Waals surface area contributed by atoms with E-state index in [9.17, 15) is 4.79 Å². The highest BCUT2D eigenvalue weighted by molar-refractivity contribution is 5.71. The van der Waals surface area contributed by atoms with E-state index in [-0.39, 0.29) is 12.4 Å². The summed E-state index contributed by atoms with van der Waals surface area (Å²) in [5.74, 6) is 0.673. The number of hydrogen-bond acceptors (Lipinski definition) is 5. The summed E-state index contributed by atoms with van der Waals surface area (Å²) in [6, 6.07) is 3.07. The van der Waals surface area contributed by atoms with Gasteiger partial charge in [0.25, 0.3) is 0 Å². The zero-order chi connectivity index (χ0) is 12.1. The van der Waals surface area contributed by atoms with Crippen molar-refractivity contribution in [2.75, 3.05) is 14.2 Å². The summed E-state index contributed by atoms with van der Waals surface area (Å²) >= 11 is 0. The van der Waals surface area contributed by atoms with Gasteiger partial charge in [-0.2, -0.15) is 0 Å². The molecule has 0 atom stereocenters. The Bertz CT molecular complexity index is 386. The molecule has 0 amide bonds. The first kappa shape index (κ1) is 12.3. The van der Waals surface area contributed by atoms with Gasteiger partial charge in [-0.05, 0) is 6.07 Å². The highest BCUT2D eigenvalue weighted by Gasteiger charge is 2.13. The fourth-order valence-corrected chi connectivity index (χ4v) is 1.29. The molecule has 5 heteroatoms. The van der Waals surface area contributed by atoms with Gasteiger partial charge in [0.1, 0.15) is 5.75 Å². The standard InChI is InChI=1S/C11H14O5/c1-7(13)16-11-4-8(6-12)9(14-2)5-10(11)15-3/h4-5,12H,6H2,1-3H3. The van der Waals surface area contributed by atoms with Crippen molar-refractivity contribution in [1.29, 1.82) is 0 Å². The summed E-state index contributed by atoms with van der Waals surface area (Å²) in [6.45, 7) is 1.09. The second-order valence-corrected chi connectivity index (χ2v) is 3.07. The third-order valence-electron chi connectivity index (χ3n) is 1.99. The van der Waals surface area contributed by atoms with Crippen molar-refractivity contribution in [3.05, 3.63) is 17.7 Å². The first-order valence-electron chi connectivity index (χ1n) is 4.66. The van der Waals surface area contributed by atoms with Crippen LogP contribution in [-0.2, 0) is 11.4 Å². The number of aliphatic hydroxyl groups excluding tert-OH is 1. The SMILES string of the molecule is COc1cc(OC)c(OC(C)=O)cc1CO. The second-order valence-electron chi connectivity index (χ2n) is 3.07. The van der Waals surface area contributed by atoms with Crippen LogP contribution in [0.1, 0.15) is 12.5 Å². The van der Waals surface area contributed by atoms with E-state index in [4.69, 9.17) is 19.3 Å². The van der Waals surface area contributed by atoms with Crippen LogP contribution < -0.4 is 14.2 Å². The van der Waals surface area contributed by atoms with Crippen LogP contribution >= 0.6 is 0 Å². The smallest absolute Gasteiger partial charge is 0.308 e. The third kappa shape index (κ3) is 2.64. The number of carbonyl (C=O) groups excluding carboxylic acids is 1. The Morgan fingerprint density at radius 1 is 1.19 bits per heavy atom. The molecule has 0 aliphatic heterocycles. The molecule has 0 bridgehead atoms. The summed E-state index contributed by atoms with van der Waals surface area (Å²) in [7, 11) is 2.94. The molecule has 1 aromatic rings. The minimum Gasteiger partial charge on any atom is -0.496 e. The van der Waals surface area contributed by atoms with Crippen molar-refractivity contribution in [3.8, 4) is 17.2 Å². The quantitative estimate of drug-likeness (QED) is 0.615. The molecule has 0 saturated carbocycles. The number of benzene rings is 1. The lowest BCUT2D eigenvalue weighted by Gasteiger charge is -2.12. The van der Waals surface area contributed by atoms with Gasteiger partial charge in [-0.3, -0.25) is 4.79 Å². The topological polar surface area (TPSA) is 65.0 Å². The van der Waals surface area contributed by atoms with Crippen LogP contribution in [0.4, 0.5) is 0 Å². The van der Waals surface area contributed by atoms with Crippen LogP contribution in [0.2, 0.25) is 0 Å². The molecule has 0 radical (unpaired) electrons. The fraction of sp³-hybridized carbons (Fsp3) is 0.364. The normalized spacial score (nSPS) is 9.75. The minimum atomic E-state index is -0.452. The number of carbonyl (C=O) groups is 1. The lowest BCUT2D eigenvalue weighted by atomic mass is 10.2. The largest absolute Gasteiger partial charge is 0.496 e. The molecule has 0 saturated heterocycles. The van der Waals surface area contributed by atoms with Crippen LogP contribution in [0.5, 0.6) is 17.2 Å². The summed E-state index contributed by atoms with van der Waals surface area (Å²) in [5.41, 5.74) is 0.527. The molecule has 0 heterocycles. The summed E-state index contributed by atoms with van der Waals surface area (Å²) in [5, 5.41) is 9.11. The van der Waals surface area contributed by atoms with Gasteiger partial charge in [0.2, 0.25) is 0 Å². The van der Waals surface area contributed by atoms with Crippen molar-refractivity contribution in [2.45, 2.75) is 13.5 Å². The molecule has 0 aliphatic rings. The van der Waals surface area contributed by atoms with Gasteiger partial charge in [-0.1, -0.05) is 0 Å². The van der Waals surface area contributed by atoms with E-state index in [1.54, 1.807) is 6.07 Å². The number of aliphatic hydroxyl groups is 1. The number of hydrogen-bond donors (Lipinski definition) is 1. The Hall–Kier alpha value is -1.75. The second kappa shape index (κ2) is 5.37. The Balaban J connectivity index is 3.20. The van der Waals surface area contributed by atoms with Gasteiger partial charge >= 0.3 is 5.97 Å². The third-order valence-corrected chi connectivity index (χ3v) is 1.99. The monoisotopic (exact) mass is 226 g/mol. The molecule has 1 rings (SSSR count). The Morgan fingerprint density at radius 3 is 2.25 bits per heavy atom. The van der Waals surface area contributed by atoms with Gasteiger partial charge in [0.05, 0.1) is 20.8 Å². The summed E-state index contributed by atoms with van der Waals surface area (Å²) < 4.78 is 15.1.